The molecule has 5 nitrogen and oxygen atoms in total. The van der Waals surface area contributed by atoms with E-state index in [9.17, 15) is 9.59 Å². The lowest BCUT2D eigenvalue weighted by molar-refractivity contribution is -0.143. The predicted octanol–water partition coefficient (Wildman–Crippen LogP) is 4.05. The Morgan fingerprint density at radius 1 is 1.40 bits per heavy atom. The van der Waals surface area contributed by atoms with Crippen molar-refractivity contribution in [1.82, 2.24) is 4.90 Å². The van der Waals surface area contributed by atoms with E-state index < -0.39 is 12.0 Å². The van der Waals surface area contributed by atoms with Gasteiger partial charge in [-0.3, -0.25) is 9.69 Å². The standard InChI is InChI=1S/C18H19BrN2O3S/c1-9(2)24-17(23)14-10(3)20-18-21(16(22)11(4)25-18)15(14)12-6-5-7-13(19)8-12/h5-9,11,15H,1-4H3/t11-,15+/m0/s1. The van der Waals surface area contributed by atoms with Gasteiger partial charge in [-0.25, -0.2) is 9.79 Å². The van der Waals surface area contributed by atoms with E-state index in [-0.39, 0.29) is 17.3 Å². The molecule has 0 bridgehead atoms. The molecule has 1 amide bonds. The van der Waals surface area contributed by atoms with Crippen molar-refractivity contribution >= 4 is 44.7 Å². The van der Waals surface area contributed by atoms with Crippen LogP contribution in [-0.2, 0) is 14.3 Å². The van der Waals surface area contributed by atoms with Crippen LogP contribution >= 0.6 is 27.7 Å². The highest BCUT2D eigenvalue weighted by atomic mass is 79.9. The number of rotatable bonds is 3. The lowest BCUT2D eigenvalue weighted by atomic mass is 9.94. The molecule has 3 rings (SSSR count). The van der Waals surface area contributed by atoms with Crippen LogP contribution in [0.5, 0.6) is 0 Å². The molecular formula is C18H19BrN2O3S. The Hall–Kier alpha value is -1.60. The van der Waals surface area contributed by atoms with Gasteiger partial charge < -0.3 is 4.74 Å². The fourth-order valence-corrected chi connectivity index (χ4v) is 4.38. The van der Waals surface area contributed by atoms with Crippen molar-refractivity contribution < 1.29 is 14.3 Å². The van der Waals surface area contributed by atoms with Crippen molar-refractivity contribution in [3.05, 3.63) is 45.6 Å². The zero-order valence-corrected chi connectivity index (χ0v) is 16.8. The van der Waals surface area contributed by atoms with Gasteiger partial charge in [0.15, 0.2) is 5.17 Å². The van der Waals surface area contributed by atoms with Crippen molar-refractivity contribution in [2.45, 2.75) is 45.1 Å². The number of hydrogen-bond donors (Lipinski definition) is 0. The summed E-state index contributed by atoms with van der Waals surface area (Å²) in [5.41, 5.74) is 1.86. The molecule has 1 fully saturated rings. The van der Waals surface area contributed by atoms with Gasteiger partial charge in [-0.1, -0.05) is 39.8 Å². The summed E-state index contributed by atoms with van der Waals surface area (Å²) < 4.78 is 6.31. The van der Waals surface area contributed by atoms with E-state index >= 15 is 0 Å². The van der Waals surface area contributed by atoms with E-state index in [0.29, 0.717) is 16.4 Å². The number of carbonyl (C=O) groups is 2. The first-order chi connectivity index (χ1) is 11.8. The molecule has 2 aliphatic heterocycles. The molecule has 0 spiro atoms. The van der Waals surface area contributed by atoms with Crippen molar-refractivity contribution in [3.8, 4) is 0 Å². The third-order valence-electron chi connectivity index (χ3n) is 3.99. The van der Waals surface area contributed by atoms with E-state index in [1.165, 1.54) is 11.8 Å². The van der Waals surface area contributed by atoms with Gasteiger partial charge in [0.1, 0.15) is 0 Å². The number of nitrogens with zero attached hydrogens (tertiary/aromatic N) is 2. The minimum atomic E-state index is -0.527. The smallest absolute Gasteiger partial charge is 0.338 e. The monoisotopic (exact) mass is 422 g/mol. The van der Waals surface area contributed by atoms with E-state index in [1.54, 1.807) is 25.7 Å². The summed E-state index contributed by atoms with van der Waals surface area (Å²) in [4.78, 5) is 31.6. The summed E-state index contributed by atoms with van der Waals surface area (Å²) in [6.45, 7) is 7.25. The third kappa shape index (κ3) is 3.40. The molecule has 7 heteroatoms. The van der Waals surface area contributed by atoms with Crippen LogP contribution in [-0.4, -0.2) is 33.3 Å². The number of amides is 1. The zero-order valence-electron chi connectivity index (χ0n) is 14.4. The molecule has 25 heavy (non-hydrogen) atoms. The van der Waals surface area contributed by atoms with Crippen molar-refractivity contribution in [3.63, 3.8) is 0 Å². The molecule has 1 saturated heterocycles. The van der Waals surface area contributed by atoms with Crippen molar-refractivity contribution in [2.24, 2.45) is 4.99 Å². The van der Waals surface area contributed by atoms with E-state index in [0.717, 1.165) is 10.0 Å². The molecule has 1 aromatic rings. The van der Waals surface area contributed by atoms with Crippen LogP contribution in [0.4, 0.5) is 0 Å². The zero-order chi connectivity index (χ0) is 18.3. The highest BCUT2D eigenvalue weighted by Crippen LogP contribution is 2.43. The summed E-state index contributed by atoms with van der Waals surface area (Å²) >= 11 is 4.89. The second kappa shape index (κ2) is 6.96. The van der Waals surface area contributed by atoms with Crippen LogP contribution in [0.25, 0.3) is 0 Å². The van der Waals surface area contributed by atoms with Crippen LogP contribution < -0.4 is 0 Å². The molecule has 0 saturated carbocycles. The molecule has 1 aromatic carbocycles. The first kappa shape index (κ1) is 18.2. The Morgan fingerprint density at radius 2 is 2.12 bits per heavy atom. The second-order valence-electron chi connectivity index (χ2n) is 6.27. The Labute approximate surface area is 159 Å². The quantitative estimate of drug-likeness (QED) is 0.689. The SMILES string of the molecule is CC1=C(C(=O)OC(C)C)[C@@H](c2cccc(Br)c2)N2C(=O)[C@H](C)SC2=N1. The largest absolute Gasteiger partial charge is 0.459 e. The number of hydrogen-bond acceptors (Lipinski definition) is 5. The summed E-state index contributed by atoms with van der Waals surface area (Å²) in [5, 5.41) is 0.419. The predicted molar refractivity (Wildman–Crippen MR) is 102 cm³/mol. The van der Waals surface area contributed by atoms with Gasteiger partial charge in [-0.05, 0) is 45.4 Å². The summed E-state index contributed by atoms with van der Waals surface area (Å²) in [5.74, 6) is -0.478. The van der Waals surface area contributed by atoms with E-state index in [2.05, 4.69) is 20.9 Å². The van der Waals surface area contributed by atoms with Gasteiger partial charge >= 0.3 is 5.97 Å². The Morgan fingerprint density at radius 3 is 2.76 bits per heavy atom. The highest BCUT2D eigenvalue weighted by molar-refractivity contribution is 9.10. The third-order valence-corrected chi connectivity index (χ3v) is 5.53. The number of fused-ring (bicyclic) bond motifs is 1. The first-order valence-electron chi connectivity index (χ1n) is 8.05. The molecule has 2 atom stereocenters. The van der Waals surface area contributed by atoms with Gasteiger partial charge in [-0.15, -0.1) is 0 Å². The summed E-state index contributed by atoms with van der Waals surface area (Å²) in [6.07, 6.45) is -0.246. The first-order valence-corrected chi connectivity index (χ1v) is 9.72. The molecular weight excluding hydrogens is 404 g/mol. The lowest BCUT2D eigenvalue weighted by Crippen LogP contribution is -2.40. The molecule has 2 heterocycles. The minimum absolute atomic E-state index is 0.0453. The van der Waals surface area contributed by atoms with E-state index in [4.69, 9.17) is 4.74 Å². The maximum atomic E-state index is 12.8. The van der Waals surface area contributed by atoms with Crippen LogP contribution in [0.2, 0.25) is 0 Å². The van der Waals surface area contributed by atoms with Gasteiger partial charge in [0, 0.05) is 4.47 Å². The summed E-state index contributed by atoms with van der Waals surface area (Å²) in [7, 11) is 0. The number of ether oxygens (including phenoxy) is 1. The van der Waals surface area contributed by atoms with E-state index in [1.807, 2.05) is 31.2 Å². The number of allylic oxidation sites excluding steroid dienone is 1. The van der Waals surface area contributed by atoms with Crippen LogP contribution in [0.1, 0.15) is 39.3 Å². The van der Waals surface area contributed by atoms with Gasteiger partial charge in [0.25, 0.3) is 0 Å². The Kier molecular flexibility index (Phi) is 5.06. The number of thioether (sulfide) groups is 1. The van der Waals surface area contributed by atoms with Gasteiger partial charge in [0.2, 0.25) is 5.91 Å². The van der Waals surface area contributed by atoms with Crippen molar-refractivity contribution in [2.75, 3.05) is 0 Å². The van der Waals surface area contributed by atoms with Gasteiger partial charge in [-0.2, -0.15) is 0 Å². The lowest BCUT2D eigenvalue weighted by Gasteiger charge is -2.33. The number of halogens is 1. The number of benzene rings is 1. The average Bonchev–Trinajstić information content (AvgIpc) is 2.79. The number of carbonyl (C=O) groups excluding carboxylic acids is 2. The average molecular weight is 423 g/mol. The molecule has 0 radical (unpaired) electrons. The normalized spacial score (nSPS) is 23.0. The molecule has 2 aliphatic rings. The van der Waals surface area contributed by atoms with Crippen LogP contribution in [0, 0.1) is 0 Å². The van der Waals surface area contributed by atoms with Crippen LogP contribution in [0.3, 0.4) is 0 Å². The topological polar surface area (TPSA) is 59.0 Å². The number of amidine groups is 1. The molecule has 0 unspecified atom stereocenters. The fraction of sp³-hybridized carbons (Fsp3) is 0.389. The molecule has 0 N–H and O–H groups in total. The fourth-order valence-electron chi connectivity index (χ4n) is 2.93. The Balaban J connectivity index is 2.14. The van der Waals surface area contributed by atoms with Gasteiger partial charge in [0.05, 0.1) is 28.7 Å². The van der Waals surface area contributed by atoms with Crippen molar-refractivity contribution in [1.29, 1.82) is 0 Å². The maximum absolute atomic E-state index is 12.8. The summed E-state index contributed by atoms with van der Waals surface area (Å²) in [6, 6.07) is 7.11. The molecule has 132 valence electrons. The molecule has 0 aromatic heterocycles. The second-order valence-corrected chi connectivity index (χ2v) is 8.50. The maximum Gasteiger partial charge on any atom is 0.338 e. The Bertz CT molecular complexity index is 803. The number of esters is 1. The number of aliphatic imine (C=N–C) groups is 1. The minimum Gasteiger partial charge on any atom is -0.459 e. The van der Waals surface area contributed by atoms with Crippen LogP contribution in [0.15, 0.2) is 45.0 Å². The molecule has 0 aliphatic carbocycles. The highest BCUT2D eigenvalue weighted by Gasteiger charge is 2.46.